The Morgan fingerprint density at radius 3 is 2.84 bits per heavy atom. The Bertz CT molecular complexity index is 699. The van der Waals surface area contributed by atoms with E-state index in [0.717, 1.165) is 30.9 Å². The van der Waals surface area contributed by atoms with Gasteiger partial charge in [0, 0.05) is 39.2 Å². The van der Waals surface area contributed by atoms with Gasteiger partial charge in [-0.3, -0.25) is 0 Å². The smallest absolute Gasteiger partial charge is 0.191 e. The summed E-state index contributed by atoms with van der Waals surface area (Å²) in [5, 5.41) is 6.41. The molecule has 1 aromatic heterocycles. The molecular weight excluding hydrogens is 321 g/mol. The first kappa shape index (κ1) is 18.9. The van der Waals surface area contributed by atoms with Crippen LogP contribution < -0.4 is 10.6 Å². The van der Waals surface area contributed by atoms with Gasteiger partial charge in [0.05, 0.1) is 12.2 Å². The lowest BCUT2D eigenvalue weighted by Gasteiger charge is -2.11. The predicted molar refractivity (Wildman–Crippen MR) is 97.6 cm³/mol. The van der Waals surface area contributed by atoms with Crippen LogP contribution in [0.15, 0.2) is 35.6 Å². The van der Waals surface area contributed by atoms with Crippen molar-refractivity contribution in [2.75, 3.05) is 26.8 Å². The lowest BCUT2D eigenvalue weighted by atomic mass is 10.2. The van der Waals surface area contributed by atoms with E-state index in [-0.39, 0.29) is 5.82 Å². The molecule has 25 heavy (non-hydrogen) atoms. The van der Waals surface area contributed by atoms with Crippen LogP contribution in [0, 0.1) is 12.7 Å². The first-order chi connectivity index (χ1) is 12.2. The molecule has 6 nitrogen and oxygen atoms in total. The van der Waals surface area contributed by atoms with Gasteiger partial charge in [-0.25, -0.2) is 14.4 Å². The highest BCUT2D eigenvalue weighted by atomic mass is 19.1. The number of halogens is 1. The fourth-order valence-corrected chi connectivity index (χ4v) is 2.41. The number of ether oxygens (including phenoxy) is 1. The summed E-state index contributed by atoms with van der Waals surface area (Å²) in [5.41, 5.74) is 1.31. The first-order valence-corrected chi connectivity index (χ1v) is 8.45. The van der Waals surface area contributed by atoms with Gasteiger partial charge in [0.1, 0.15) is 11.6 Å². The Balaban J connectivity index is 2.03. The molecule has 0 aliphatic heterocycles. The fourth-order valence-electron chi connectivity index (χ4n) is 2.41. The molecule has 2 N–H and O–H groups in total. The fraction of sp³-hybridized carbons (Fsp3) is 0.444. The highest BCUT2D eigenvalue weighted by molar-refractivity contribution is 5.79. The van der Waals surface area contributed by atoms with Gasteiger partial charge >= 0.3 is 0 Å². The molecular formula is C18H26FN5O. The molecule has 7 heteroatoms. The summed E-state index contributed by atoms with van der Waals surface area (Å²) in [5.74, 6) is 1.18. The van der Waals surface area contributed by atoms with Crippen LogP contribution in [-0.2, 0) is 11.3 Å². The van der Waals surface area contributed by atoms with E-state index in [1.807, 2.05) is 19.9 Å². The largest absolute Gasteiger partial charge is 0.385 e. The normalized spacial score (nSPS) is 11.6. The topological polar surface area (TPSA) is 63.5 Å². The maximum atomic E-state index is 14.4. The zero-order chi connectivity index (χ0) is 18.1. The van der Waals surface area contributed by atoms with Crippen LogP contribution in [0.2, 0.25) is 0 Å². The number of aromatic nitrogens is 2. The van der Waals surface area contributed by atoms with E-state index in [2.05, 4.69) is 20.6 Å². The molecule has 1 heterocycles. The monoisotopic (exact) mass is 347 g/mol. The third-order valence-corrected chi connectivity index (χ3v) is 3.68. The van der Waals surface area contributed by atoms with E-state index < -0.39 is 0 Å². The van der Waals surface area contributed by atoms with E-state index in [1.165, 1.54) is 6.07 Å². The maximum Gasteiger partial charge on any atom is 0.191 e. The number of methoxy groups -OCH3 is 1. The molecule has 1 aromatic carbocycles. The third kappa shape index (κ3) is 5.56. The van der Waals surface area contributed by atoms with Crippen LogP contribution >= 0.6 is 0 Å². The molecule has 0 saturated carbocycles. The zero-order valence-corrected chi connectivity index (χ0v) is 15.1. The van der Waals surface area contributed by atoms with Gasteiger partial charge in [0.2, 0.25) is 0 Å². The van der Waals surface area contributed by atoms with Gasteiger partial charge in [-0.15, -0.1) is 0 Å². The average molecular weight is 347 g/mol. The molecule has 0 aliphatic carbocycles. The number of benzene rings is 1. The summed E-state index contributed by atoms with van der Waals surface area (Å²) in [4.78, 5) is 8.63. The summed E-state index contributed by atoms with van der Waals surface area (Å²) in [6, 6.07) is 5.16. The Kier molecular flexibility index (Phi) is 7.40. The van der Waals surface area contributed by atoms with Gasteiger partial charge in [-0.05, 0) is 38.0 Å². The Hall–Kier alpha value is -2.41. The van der Waals surface area contributed by atoms with Gasteiger partial charge in [0.15, 0.2) is 5.96 Å². The first-order valence-electron chi connectivity index (χ1n) is 8.45. The third-order valence-electron chi connectivity index (χ3n) is 3.68. The molecule has 0 aliphatic rings. The Morgan fingerprint density at radius 1 is 1.36 bits per heavy atom. The minimum Gasteiger partial charge on any atom is -0.385 e. The van der Waals surface area contributed by atoms with Crippen molar-refractivity contribution in [1.82, 2.24) is 20.2 Å². The van der Waals surface area contributed by atoms with E-state index >= 15 is 0 Å². The molecule has 0 radical (unpaired) electrons. The molecule has 0 bridgehead atoms. The molecule has 2 rings (SSSR count). The number of aryl methyl sites for hydroxylation is 1. The minimum atomic E-state index is -0.285. The van der Waals surface area contributed by atoms with Crippen molar-refractivity contribution in [2.24, 2.45) is 4.99 Å². The van der Waals surface area contributed by atoms with E-state index in [1.54, 1.807) is 30.1 Å². The predicted octanol–water partition coefficient (Wildman–Crippen LogP) is 2.41. The molecule has 0 amide bonds. The molecule has 0 atom stereocenters. The zero-order valence-electron chi connectivity index (χ0n) is 15.1. The number of guanidine groups is 1. The van der Waals surface area contributed by atoms with E-state index in [9.17, 15) is 4.39 Å². The van der Waals surface area contributed by atoms with Crippen LogP contribution in [0.1, 0.15) is 24.7 Å². The van der Waals surface area contributed by atoms with Crippen molar-refractivity contribution in [3.8, 4) is 5.69 Å². The lowest BCUT2D eigenvalue weighted by molar-refractivity contribution is 0.195. The molecule has 0 fully saturated rings. The maximum absolute atomic E-state index is 14.4. The second-order valence-corrected chi connectivity index (χ2v) is 5.60. The number of hydrogen-bond donors (Lipinski definition) is 2. The van der Waals surface area contributed by atoms with Crippen molar-refractivity contribution in [2.45, 2.75) is 26.8 Å². The summed E-state index contributed by atoms with van der Waals surface area (Å²) in [6.45, 7) is 6.49. The Morgan fingerprint density at radius 2 is 2.20 bits per heavy atom. The number of rotatable bonds is 8. The summed E-state index contributed by atoms with van der Waals surface area (Å²) in [7, 11) is 1.68. The van der Waals surface area contributed by atoms with Crippen LogP contribution in [0.4, 0.5) is 4.39 Å². The second kappa shape index (κ2) is 9.78. The van der Waals surface area contributed by atoms with Crippen LogP contribution in [0.25, 0.3) is 5.69 Å². The molecule has 0 spiro atoms. The molecule has 136 valence electrons. The van der Waals surface area contributed by atoms with Crippen LogP contribution in [0.3, 0.4) is 0 Å². The highest BCUT2D eigenvalue weighted by Crippen LogP contribution is 2.17. The quantitative estimate of drug-likeness (QED) is 0.437. The highest BCUT2D eigenvalue weighted by Gasteiger charge is 2.08. The van der Waals surface area contributed by atoms with E-state index in [0.29, 0.717) is 24.8 Å². The Labute approximate surface area is 148 Å². The van der Waals surface area contributed by atoms with Crippen molar-refractivity contribution in [3.05, 3.63) is 47.8 Å². The molecule has 0 saturated heterocycles. The van der Waals surface area contributed by atoms with Crippen molar-refractivity contribution in [3.63, 3.8) is 0 Å². The van der Waals surface area contributed by atoms with Gasteiger partial charge in [0.25, 0.3) is 0 Å². The average Bonchev–Trinajstić information content (AvgIpc) is 3.02. The number of imidazole rings is 1. The van der Waals surface area contributed by atoms with Crippen LogP contribution in [-0.4, -0.2) is 42.3 Å². The van der Waals surface area contributed by atoms with Crippen molar-refractivity contribution in [1.29, 1.82) is 0 Å². The lowest BCUT2D eigenvalue weighted by Crippen LogP contribution is -2.38. The molecule has 0 unspecified atom stereocenters. The number of aliphatic imine (C=N–C) groups is 1. The van der Waals surface area contributed by atoms with Crippen molar-refractivity contribution >= 4 is 5.96 Å². The SMILES string of the molecule is CCNC(=NCc1ccc(-n2ccnc2C)c(F)c1)NCCCOC. The second-order valence-electron chi connectivity index (χ2n) is 5.60. The number of nitrogens with one attached hydrogen (secondary N) is 2. The minimum absolute atomic E-state index is 0.285. The van der Waals surface area contributed by atoms with Crippen LogP contribution in [0.5, 0.6) is 0 Å². The number of hydrogen-bond acceptors (Lipinski definition) is 3. The summed E-state index contributed by atoms with van der Waals surface area (Å²) in [6.07, 6.45) is 4.30. The van der Waals surface area contributed by atoms with Gasteiger partial charge in [-0.2, -0.15) is 0 Å². The van der Waals surface area contributed by atoms with Gasteiger partial charge < -0.3 is 19.9 Å². The standard InChI is InChI=1S/C18H26FN5O/c1-4-20-18(22-8-5-11-25-3)23-13-15-6-7-17(16(19)12-15)24-10-9-21-14(24)2/h6-7,9-10,12H,4-5,8,11,13H2,1-3H3,(H2,20,22,23). The summed E-state index contributed by atoms with van der Waals surface area (Å²) < 4.78 is 21.2. The van der Waals surface area contributed by atoms with E-state index in [4.69, 9.17) is 4.74 Å². The van der Waals surface area contributed by atoms with Gasteiger partial charge in [-0.1, -0.05) is 6.07 Å². The van der Waals surface area contributed by atoms with Crippen molar-refractivity contribution < 1.29 is 9.13 Å². The molecule has 2 aromatic rings. The number of nitrogens with zero attached hydrogens (tertiary/aromatic N) is 3. The summed E-state index contributed by atoms with van der Waals surface area (Å²) >= 11 is 0.